The minimum atomic E-state index is -0.507. The number of hydrogen-bond acceptors (Lipinski definition) is 6. The number of esters is 1. The van der Waals surface area contributed by atoms with Crippen molar-refractivity contribution in [3.8, 4) is 5.75 Å². The number of aryl methyl sites for hydroxylation is 1. The van der Waals surface area contributed by atoms with Crippen LogP contribution in [0.2, 0.25) is 0 Å². The molecule has 0 spiro atoms. The number of carbonyl (C=O) groups is 2. The first-order valence-corrected chi connectivity index (χ1v) is 10.4. The Morgan fingerprint density at radius 3 is 2.46 bits per heavy atom. The standard InChI is InChI=1S/C21H26N2O4S/c1-14-5-4-6-15(2)23(14)20(24)12-27-21(25)17-7-9-19(10-8-17)26-11-18-13-28-16(3)22-18/h7-10,13-15H,4-6,11-12H2,1-3H3/t14-,15-/m0/s1. The zero-order valence-electron chi connectivity index (χ0n) is 16.5. The summed E-state index contributed by atoms with van der Waals surface area (Å²) in [6.45, 7) is 6.19. The molecule has 7 heteroatoms. The van der Waals surface area contributed by atoms with E-state index in [0.29, 0.717) is 17.9 Å². The predicted molar refractivity (Wildman–Crippen MR) is 108 cm³/mol. The van der Waals surface area contributed by atoms with Crippen LogP contribution in [-0.2, 0) is 16.1 Å². The van der Waals surface area contributed by atoms with Gasteiger partial charge in [0.05, 0.1) is 16.3 Å². The first kappa shape index (κ1) is 20.3. The highest BCUT2D eigenvalue weighted by Crippen LogP contribution is 2.22. The van der Waals surface area contributed by atoms with Crippen molar-refractivity contribution in [2.75, 3.05) is 6.61 Å². The number of piperidine rings is 1. The summed E-state index contributed by atoms with van der Waals surface area (Å²) in [5, 5.41) is 2.96. The van der Waals surface area contributed by atoms with Crippen molar-refractivity contribution in [2.45, 2.75) is 58.7 Å². The molecule has 1 aromatic carbocycles. The molecule has 150 valence electrons. The molecular formula is C21H26N2O4S. The van der Waals surface area contributed by atoms with E-state index in [2.05, 4.69) is 4.98 Å². The fourth-order valence-corrected chi connectivity index (χ4v) is 4.11. The van der Waals surface area contributed by atoms with Crippen LogP contribution in [0.1, 0.15) is 54.2 Å². The first-order valence-electron chi connectivity index (χ1n) is 9.56. The van der Waals surface area contributed by atoms with Crippen LogP contribution < -0.4 is 4.74 Å². The van der Waals surface area contributed by atoms with Crippen LogP contribution >= 0.6 is 11.3 Å². The summed E-state index contributed by atoms with van der Waals surface area (Å²) in [4.78, 5) is 30.9. The highest BCUT2D eigenvalue weighted by Gasteiger charge is 2.29. The van der Waals surface area contributed by atoms with E-state index in [-0.39, 0.29) is 24.6 Å². The number of aromatic nitrogens is 1. The maximum Gasteiger partial charge on any atom is 0.338 e. The molecule has 1 saturated heterocycles. The third-order valence-corrected chi connectivity index (χ3v) is 5.77. The molecule has 2 atom stereocenters. The summed E-state index contributed by atoms with van der Waals surface area (Å²) in [6.07, 6.45) is 3.11. The van der Waals surface area contributed by atoms with E-state index in [0.717, 1.165) is 30.0 Å². The Morgan fingerprint density at radius 2 is 1.86 bits per heavy atom. The zero-order valence-corrected chi connectivity index (χ0v) is 17.3. The smallest absolute Gasteiger partial charge is 0.338 e. The summed E-state index contributed by atoms with van der Waals surface area (Å²) in [7, 11) is 0. The van der Waals surface area contributed by atoms with Gasteiger partial charge in [-0.3, -0.25) is 4.79 Å². The van der Waals surface area contributed by atoms with E-state index in [9.17, 15) is 9.59 Å². The van der Waals surface area contributed by atoms with Crippen molar-refractivity contribution in [3.05, 3.63) is 45.9 Å². The molecule has 1 fully saturated rings. The summed E-state index contributed by atoms with van der Waals surface area (Å²) in [5.41, 5.74) is 1.27. The molecule has 0 N–H and O–H groups in total. The maximum absolute atomic E-state index is 12.5. The van der Waals surface area contributed by atoms with Gasteiger partial charge >= 0.3 is 5.97 Å². The van der Waals surface area contributed by atoms with E-state index in [1.54, 1.807) is 35.6 Å². The Morgan fingerprint density at radius 1 is 1.18 bits per heavy atom. The molecule has 1 aliphatic rings. The Kier molecular flexibility index (Phi) is 6.67. The minimum absolute atomic E-state index is 0.133. The molecule has 6 nitrogen and oxygen atoms in total. The van der Waals surface area contributed by atoms with Crippen molar-refractivity contribution in [1.29, 1.82) is 0 Å². The zero-order chi connectivity index (χ0) is 20.1. The second-order valence-electron chi connectivity index (χ2n) is 7.18. The molecule has 3 rings (SSSR count). The fraction of sp³-hybridized carbons (Fsp3) is 0.476. The lowest BCUT2D eigenvalue weighted by Crippen LogP contribution is -2.49. The molecule has 2 aromatic rings. The second kappa shape index (κ2) is 9.19. The number of likely N-dealkylation sites (tertiary alicyclic amines) is 1. The average molecular weight is 403 g/mol. The number of carbonyl (C=O) groups excluding carboxylic acids is 2. The normalized spacial score (nSPS) is 19.3. The van der Waals surface area contributed by atoms with Gasteiger partial charge in [-0.1, -0.05) is 0 Å². The van der Waals surface area contributed by atoms with Gasteiger partial charge in [0.25, 0.3) is 5.91 Å². The lowest BCUT2D eigenvalue weighted by molar-refractivity contribution is -0.140. The molecule has 0 bridgehead atoms. The van der Waals surface area contributed by atoms with Gasteiger partial charge < -0.3 is 14.4 Å². The molecule has 28 heavy (non-hydrogen) atoms. The van der Waals surface area contributed by atoms with Gasteiger partial charge in [0, 0.05) is 17.5 Å². The van der Waals surface area contributed by atoms with E-state index in [4.69, 9.17) is 9.47 Å². The van der Waals surface area contributed by atoms with Crippen LogP contribution in [0.5, 0.6) is 5.75 Å². The molecule has 0 radical (unpaired) electrons. The highest BCUT2D eigenvalue weighted by molar-refractivity contribution is 7.09. The Balaban J connectivity index is 1.49. The third kappa shape index (κ3) is 5.10. The van der Waals surface area contributed by atoms with E-state index >= 15 is 0 Å². The van der Waals surface area contributed by atoms with Gasteiger partial charge in [-0.05, 0) is 64.3 Å². The summed E-state index contributed by atoms with van der Waals surface area (Å²) < 4.78 is 10.9. The molecule has 0 aliphatic carbocycles. The van der Waals surface area contributed by atoms with Crippen LogP contribution in [0, 0.1) is 6.92 Å². The predicted octanol–water partition coefficient (Wildman–Crippen LogP) is 3.98. The minimum Gasteiger partial charge on any atom is -0.487 e. The van der Waals surface area contributed by atoms with Crippen LogP contribution in [0.15, 0.2) is 29.6 Å². The number of hydrogen-bond donors (Lipinski definition) is 0. The maximum atomic E-state index is 12.5. The lowest BCUT2D eigenvalue weighted by Gasteiger charge is -2.38. The summed E-state index contributed by atoms with van der Waals surface area (Å²) >= 11 is 1.58. The van der Waals surface area contributed by atoms with E-state index < -0.39 is 5.97 Å². The van der Waals surface area contributed by atoms with Crippen LogP contribution in [-0.4, -0.2) is 40.5 Å². The van der Waals surface area contributed by atoms with E-state index in [1.807, 2.05) is 31.1 Å². The van der Waals surface area contributed by atoms with Gasteiger partial charge in [-0.15, -0.1) is 11.3 Å². The molecule has 1 aliphatic heterocycles. The van der Waals surface area contributed by atoms with Crippen molar-refractivity contribution < 1.29 is 19.1 Å². The number of thiazole rings is 1. The summed E-state index contributed by atoms with van der Waals surface area (Å²) in [5.74, 6) is 0.00754. The topological polar surface area (TPSA) is 68.7 Å². The Bertz CT molecular complexity index is 808. The lowest BCUT2D eigenvalue weighted by atomic mass is 9.97. The number of amides is 1. The molecule has 0 unspecified atom stereocenters. The van der Waals surface area contributed by atoms with Gasteiger partial charge in [0.2, 0.25) is 0 Å². The van der Waals surface area contributed by atoms with Crippen molar-refractivity contribution in [1.82, 2.24) is 9.88 Å². The van der Waals surface area contributed by atoms with Crippen LogP contribution in [0.25, 0.3) is 0 Å². The van der Waals surface area contributed by atoms with Crippen molar-refractivity contribution >= 4 is 23.2 Å². The largest absolute Gasteiger partial charge is 0.487 e. The van der Waals surface area contributed by atoms with Gasteiger partial charge in [0.15, 0.2) is 6.61 Å². The van der Waals surface area contributed by atoms with Crippen molar-refractivity contribution in [3.63, 3.8) is 0 Å². The average Bonchev–Trinajstić information content (AvgIpc) is 3.10. The van der Waals surface area contributed by atoms with Crippen LogP contribution in [0.3, 0.4) is 0 Å². The number of nitrogens with zero attached hydrogens (tertiary/aromatic N) is 2. The van der Waals surface area contributed by atoms with E-state index in [1.165, 1.54) is 0 Å². The molecule has 1 aromatic heterocycles. The molecule has 0 saturated carbocycles. The molecule has 2 heterocycles. The molecular weight excluding hydrogens is 376 g/mol. The third-order valence-electron chi connectivity index (χ3n) is 4.95. The monoisotopic (exact) mass is 402 g/mol. The highest BCUT2D eigenvalue weighted by atomic mass is 32.1. The Hall–Kier alpha value is -2.41. The van der Waals surface area contributed by atoms with Gasteiger partial charge in [-0.2, -0.15) is 0 Å². The number of benzene rings is 1. The fourth-order valence-electron chi connectivity index (χ4n) is 3.52. The van der Waals surface area contributed by atoms with Gasteiger partial charge in [-0.25, -0.2) is 9.78 Å². The van der Waals surface area contributed by atoms with Crippen LogP contribution in [0.4, 0.5) is 0 Å². The Labute approximate surface area is 169 Å². The summed E-state index contributed by atoms with van der Waals surface area (Å²) in [6, 6.07) is 7.08. The quantitative estimate of drug-likeness (QED) is 0.684. The van der Waals surface area contributed by atoms with Gasteiger partial charge in [0.1, 0.15) is 12.4 Å². The van der Waals surface area contributed by atoms with Crippen molar-refractivity contribution in [2.24, 2.45) is 0 Å². The number of rotatable bonds is 6. The first-order chi connectivity index (χ1) is 13.4. The molecule has 1 amide bonds. The SMILES string of the molecule is Cc1nc(COc2ccc(C(=O)OCC(=O)N3[C@@H](C)CCC[C@@H]3C)cc2)cs1. The number of ether oxygens (including phenoxy) is 2. The second-order valence-corrected chi connectivity index (χ2v) is 8.24.